The van der Waals surface area contributed by atoms with E-state index in [1.807, 2.05) is 0 Å². The third-order valence-corrected chi connectivity index (χ3v) is 3.86. The van der Waals surface area contributed by atoms with Crippen molar-refractivity contribution in [1.29, 1.82) is 0 Å². The lowest BCUT2D eigenvalue weighted by molar-refractivity contribution is 0.391. The van der Waals surface area contributed by atoms with E-state index in [4.69, 9.17) is 5.73 Å². The van der Waals surface area contributed by atoms with Gasteiger partial charge in [-0.15, -0.1) is 0 Å². The number of nitrogens with two attached hydrogens (primary N) is 1. The minimum Gasteiger partial charge on any atom is -0.330 e. The highest BCUT2D eigenvalue weighted by atomic mass is 32.2. The van der Waals surface area contributed by atoms with Gasteiger partial charge in [0.15, 0.2) is 0 Å². The Labute approximate surface area is 80.5 Å². The van der Waals surface area contributed by atoms with Crippen LogP contribution in [0.25, 0.3) is 0 Å². The van der Waals surface area contributed by atoms with Crippen molar-refractivity contribution in [2.75, 3.05) is 18.1 Å². The van der Waals surface area contributed by atoms with Crippen LogP contribution in [-0.4, -0.2) is 18.1 Å². The number of hydrogen-bond donors (Lipinski definition) is 1. The van der Waals surface area contributed by atoms with Crippen LogP contribution >= 0.6 is 11.8 Å². The average Bonchev–Trinajstić information content (AvgIpc) is 2.14. The Kier molecular flexibility index (Phi) is 5.88. The molecule has 1 nitrogen and oxygen atoms in total. The molecule has 0 bridgehead atoms. The molecule has 0 saturated heterocycles. The molecular weight excluding hydrogens is 166 g/mol. The Morgan fingerprint density at radius 3 is 2.58 bits per heavy atom. The maximum atomic E-state index is 5.43. The minimum absolute atomic E-state index is 0.859. The molecule has 0 unspecified atom stereocenters. The monoisotopic (exact) mass is 187 g/mol. The van der Waals surface area contributed by atoms with E-state index >= 15 is 0 Å². The summed E-state index contributed by atoms with van der Waals surface area (Å²) in [6.45, 7) is 0.859. The van der Waals surface area contributed by atoms with Gasteiger partial charge in [0.05, 0.1) is 0 Å². The van der Waals surface area contributed by atoms with Crippen molar-refractivity contribution in [3.8, 4) is 0 Å². The van der Waals surface area contributed by atoms with Crippen LogP contribution in [0.1, 0.15) is 38.5 Å². The van der Waals surface area contributed by atoms with Crippen LogP contribution in [-0.2, 0) is 0 Å². The number of hydrogen-bond acceptors (Lipinski definition) is 2. The Hall–Kier alpha value is 0.310. The molecule has 2 N–H and O–H groups in total. The highest BCUT2D eigenvalue weighted by Gasteiger charge is 2.12. The lowest BCUT2D eigenvalue weighted by Crippen LogP contribution is -2.09. The Morgan fingerprint density at radius 1 is 1.17 bits per heavy atom. The molecule has 1 rings (SSSR count). The van der Waals surface area contributed by atoms with Gasteiger partial charge in [0.25, 0.3) is 0 Å². The summed E-state index contributed by atoms with van der Waals surface area (Å²) in [7, 11) is 0. The topological polar surface area (TPSA) is 26.0 Å². The fraction of sp³-hybridized carbons (Fsp3) is 1.00. The van der Waals surface area contributed by atoms with E-state index in [-0.39, 0.29) is 0 Å². The predicted molar refractivity (Wildman–Crippen MR) is 57.6 cm³/mol. The first-order valence-electron chi connectivity index (χ1n) is 5.21. The molecule has 0 aromatic rings. The first kappa shape index (κ1) is 10.4. The van der Waals surface area contributed by atoms with Crippen molar-refractivity contribution >= 4 is 11.8 Å². The molecule has 2 heteroatoms. The quantitative estimate of drug-likeness (QED) is 0.670. The largest absolute Gasteiger partial charge is 0.330 e. The van der Waals surface area contributed by atoms with Crippen molar-refractivity contribution < 1.29 is 0 Å². The SMILES string of the molecule is NCCCSCC1CCCCC1. The maximum Gasteiger partial charge on any atom is -0.00391 e. The summed E-state index contributed by atoms with van der Waals surface area (Å²) < 4.78 is 0. The van der Waals surface area contributed by atoms with Crippen LogP contribution in [0.15, 0.2) is 0 Å². The van der Waals surface area contributed by atoms with Crippen LogP contribution in [0, 0.1) is 5.92 Å². The summed E-state index contributed by atoms with van der Waals surface area (Å²) >= 11 is 2.10. The van der Waals surface area contributed by atoms with Gasteiger partial charge in [-0.2, -0.15) is 11.8 Å². The third kappa shape index (κ3) is 4.36. The van der Waals surface area contributed by atoms with Crippen molar-refractivity contribution in [3.05, 3.63) is 0 Å². The van der Waals surface area contributed by atoms with E-state index in [0.717, 1.165) is 12.5 Å². The molecule has 0 heterocycles. The van der Waals surface area contributed by atoms with Crippen LogP contribution in [0.3, 0.4) is 0 Å². The molecular formula is C10H21NS. The van der Waals surface area contributed by atoms with E-state index in [1.165, 1.54) is 50.0 Å². The van der Waals surface area contributed by atoms with Crippen molar-refractivity contribution in [1.82, 2.24) is 0 Å². The van der Waals surface area contributed by atoms with Crippen LogP contribution in [0.4, 0.5) is 0 Å². The fourth-order valence-electron chi connectivity index (χ4n) is 1.79. The van der Waals surface area contributed by atoms with Crippen LogP contribution in [0.2, 0.25) is 0 Å². The highest BCUT2D eigenvalue weighted by molar-refractivity contribution is 7.99. The fourth-order valence-corrected chi connectivity index (χ4v) is 2.99. The summed E-state index contributed by atoms with van der Waals surface area (Å²) in [4.78, 5) is 0. The Bertz CT molecular complexity index is 100. The summed E-state index contributed by atoms with van der Waals surface area (Å²) in [6, 6.07) is 0. The second-order valence-electron chi connectivity index (χ2n) is 3.72. The summed E-state index contributed by atoms with van der Waals surface area (Å²) in [5.74, 6) is 3.69. The Balaban J connectivity index is 1.91. The molecule has 0 amide bonds. The van der Waals surface area contributed by atoms with E-state index in [1.54, 1.807) is 0 Å². The van der Waals surface area contributed by atoms with E-state index in [0.29, 0.717) is 0 Å². The van der Waals surface area contributed by atoms with Gasteiger partial charge in [-0.25, -0.2) is 0 Å². The van der Waals surface area contributed by atoms with Crippen molar-refractivity contribution in [2.24, 2.45) is 11.7 Å². The van der Waals surface area contributed by atoms with Gasteiger partial charge < -0.3 is 5.73 Å². The molecule has 0 spiro atoms. The second kappa shape index (κ2) is 6.79. The van der Waals surface area contributed by atoms with Gasteiger partial charge >= 0.3 is 0 Å². The maximum absolute atomic E-state index is 5.43. The molecule has 0 aromatic carbocycles. The zero-order valence-corrected chi connectivity index (χ0v) is 8.74. The Morgan fingerprint density at radius 2 is 1.92 bits per heavy atom. The van der Waals surface area contributed by atoms with Crippen molar-refractivity contribution in [3.63, 3.8) is 0 Å². The van der Waals surface area contributed by atoms with Gasteiger partial charge in [-0.05, 0) is 43.2 Å². The minimum atomic E-state index is 0.859. The molecule has 1 aliphatic rings. The molecule has 0 aromatic heterocycles. The van der Waals surface area contributed by atoms with E-state index in [2.05, 4.69) is 11.8 Å². The first-order valence-corrected chi connectivity index (χ1v) is 6.37. The van der Waals surface area contributed by atoms with Gasteiger partial charge in [-0.3, -0.25) is 0 Å². The first-order chi connectivity index (χ1) is 5.93. The van der Waals surface area contributed by atoms with Gasteiger partial charge in [0.2, 0.25) is 0 Å². The third-order valence-electron chi connectivity index (χ3n) is 2.57. The van der Waals surface area contributed by atoms with Gasteiger partial charge in [-0.1, -0.05) is 19.3 Å². The number of thioether (sulfide) groups is 1. The molecule has 0 atom stereocenters. The predicted octanol–water partition coefficient (Wildman–Crippen LogP) is 2.65. The van der Waals surface area contributed by atoms with E-state index < -0.39 is 0 Å². The van der Waals surface area contributed by atoms with Crippen LogP contribution in [0.5, 0.6) is 0 Å². The lowest BCUT2D eigenvalue weighted by atomic mass is 9.91. The van der Waals surface area contributed by atoms with E-state index in [9.17, 15) is 0 Å². The number of rotatable bonds is 5. The second-order valence-corrected chi connectivity index (χ2v) is 4.87. The standard InChI is InChI=1S/C10H21NS/c11-7-4-8-12-9-10-5-2-1-3-6-10/h10H,1-9,11H2. The molecule has 1 aliphatic carbocycles. The summed E-state index contributed by atoms with van der Waals surface area (Å²) in [5.41, 5.74) is 5.43. The smallest absolute Gasteiger partial charge is 0.00391 e. The van der Waals surface area contributed by atoms with Gasteiger partial charge in [0.1, 0.15) is 0 Å². The zero-order chi connectivity index (χ0) is 8.65. The van der Waals surface area contributed by atoms with Crippen LogP contribution < -0.4 is 5.73 Å². The summed E-state index contributed by atoms with van der Waals surface area (Å²) in [5, 5.41) is 0. The molecule has 12 heavy (non-hydrogen) atoms. The molecule has 0 radical (unpaired) electrons. The molecule has 1 saturated carbocycles. The zero-order valence-electron chi connectivity index (χ0n) is 7.93. The normalized spacial score (nSPS) is 19.8. The summed E-state index contributed by atoms with van der Waals surface area (Å²) in [6.07, 6.45) is 8.58. The van der Waals surface area contributed by atoms with Crippen molar-refractivity contribution in [2.45, 2.75) is 38.5 Å². The highest BCUT2D eigenvalue weighted by Crippen LogP contribution is 2.26. The average molecular weight is 187 g/mol. The molecule has 1 fully saturated rings. The molecule has 0 aliphatic heterocycles. The molecule has 72 valence electrons. The lowest BCUT2D eigenvalue weighted by Gasteiger charge is -2.20. The van der Waals surface area contributed by atoms with Gasteiger partial charge in [0, 0.05) is 0 Å².